The van der Waals surface area contributed by atoms with Gasteiger partial charge in [-0.2, -0.15) is 0 Å². The summed E-state index contributed by atoms with van der Waals surface area (Å²) in [6.45, 7) is 5.02. The van der Waals surface area contributed by atoms with Gasteiger partial charge in [0.15, 0.2) is 0 Å². The summed E-state index contributed by atoms with van der Waals surface area (Å²) in [4.78, 5) is 15.4. The molecule has 1 amide bonds. The fourth-order valence-electron chi connectivity index (χ4n) is 1.10. The Morgan fingerprint density at radius 3 is 2.71 bits per heavy atom. The topological polar surface area (TPSA) is 71.5 Å². The van der Waals surface area contributed by atoms with Crippen molar-refractivity contribution >= 4 is 23.5 Å². The highest BCUT2D eigenvalue weighted by atomic mass is 35.5. The van der Waals surface area contributed by atoms with Crippen LogP contribution in [0.15, 0.2) is 12.1 Å². The smallest absolute Gasteiger partial charge is 0.413 e. The normalized spacial score (nSPS) is 11.1. The van der Waals surface area contributed by atoms with E-state index >= 15 is 0 Å². The van der Waals surface area contributed by atoms with E-state index in [-0.39, 0.29) is 17.6 Å². The number of amides is 1. The van der Waals surface area contributed by atoms with Crippen LogP contribution in [-0.2, 0) is 11.3 Å². The average molecular weight is 259 g/mol. The molecule has 94 valence electrons. The number of aromatic nitrogens is 1. The van der Waals surface area contributed by atoms with E-state index in [1.54, 1.807) is 26.8 Å². The Morgan fingerprint density at radius 1 is 1.53 bits per heavy atom. The molecule has 6 heteroatoms. The SMILES string of the molecule is CC(C)(C)OC(=O)Nc1nc(Cl)ccc1CO. The van der Waals surface area contributed by atoms with Gasteiger partial charge < -0.3 is 9.84 Å². The molecule has 1 heterocycles. The largest absolute Gasteiger partial charge is 0.444 e. The van der Waals surface area contributed by atoms with Gasteiger partial charge >= 0.3 is 6.09 Å². The van der Waals surface area contributed by atoms with E-state index in [0.717, 1.165) is 0 Å². The minimum absolute atomic E-state index is 0.203. The summed E-state index contributed by atoms with van der Waals surface area (Å²) >= 11 is 5.71. The summed E-state index contributed by atoms with van der Waals surface area (Å²) in [5, 5.41) is 11.8. The lowest BCUT2D eigenvalue weighted by Gasteiger charge is -2.20. The van der Waals surface area contributed by atoms with Crippen LogP contribution >= 0.6 is 11.6 Å². The zero-order valence-corrected chi connectivity index (χ0v) is 10.7. The molecule has 0 aliphatic heterocycles. The summed E-state index contributed by atoms with van der Waals surface area (Å²) < 4.78 is 5.07. The zero-order valence-electron chi connectivity index (χ0n) is 9.95. The van der Waals surface area contributed by atoms with Gasteiger partial charge in [-0.15, -0.1) is 0 Å². The number of anilines is 1. The van der Waals surface area contributed by atoms with E-state index in [1.807, 2.05) is 0 Å². The van der Waals surface area contributed by atoms with Gasteiger partial charge in [0.05, 0.1) is 6.61 Å². The molecule has 0 aliphatic carbocycles. The Hall–Kier alpha value is -1.33. The molecule has 0 saturated heterocycles. The molecule has 17 heavy (non-hydrogen) atoms. The van der Waals surface area contributed by atoms with Gasteiger partial charge in [-0.1, -0.05) is 11.6 Å². The Kier molecular flexibility index (Phi) is 4.31. The van der Waals surface area contributed by atoms with Crippen LogP contribution in [0.4, 0.5) is 10.6 Å². The first kappa shape index (κ1) is 13.7. The van der Waals surface area contributed by atoms with Gasteiger partial charge in [-0.3, -0.25) is 5.32 Å². The fourth-order valence-corrected chi connectivity index (χ4v) is 1.25. The van der Waals surface area contributed by atoms with Crippen molar-refractivity contribution in [3.8, 4) is 0 Å². The number of carbonyl (C=O) groups excluding carboxylic acids is 1. The summed E-state index contributed by atoms with van der Waals surface area (Å²) in [6, 6.07) is 3.12. The Labute approximate surface area is 105 Å². The predicted octanol–water partition coefficient (Wildman–Crippen LogP) is 2.57. The minimum Gasteiger partial charge on any atom is -0.444 e. The Balaban J connectivity index is 2.80. The number of aliphatic hydroxyl groups is 1. The van der Waals surface area contributed by atoms with E-state index < -0.39 is 11.7 Å². The monoisotopic (exact) mass is 258 g/mol. The molecule has 0 atom stereocenters. The van der Waals surface area contributed by atoms with E-state index in [0.29, 0.717) is 5.56 Å². The molecule has 0 spiro atoms. The minimum atomic E-state index is -0.637. The number of ether oxygens (including phenoxy) is 1. The number of pyridine rings is 1. The second kappa shape index (κ2) is 5.33. The number of nitrogens with zero attached hydrogens (tertiary/aromatic N) is 1. The lowest BCUT2D eigenvalue weighted by Crippen LogP contribution is -2.27. The molecule has 1 aromatic rings. The van der Waals surface area contributed by atoms with E-state index in [9.17, 15) is 4.79 Å². The lowest BCUT2D eigenvalue weighted by molar-refractivity contribution is 0.0635. The highest BCUT2D eigenvalue weighted by Gasteiger charge is 2.17. The van der Waals surface area contributed by atoms with Gasteiger partial charge in [-0.05, 0) is 32.9 Å². The first-order valence-electron chi connectivity index (χ1n) is 5.08. The first-order valence-corrected chi connectivity index (χ1v) is 5.46. The van der Waals surface area contributed by atoms with Gasteiger partial charge in [0.1, 0.15) is 16.6 Å². The van der Waals surface area contributed by atoms with Crippen LogP contribution in [0.2, 0.25) is 5.15 Å². The third-order valence-corrected chi connectivity index (χ3v) is 1.95. The zero-order chi connectivity index (χ0) is 13.1. The van der Waals surface area contributed by atoms with Crippen molar-refractivity contribution in [1.82, 2.24) is 4.98 Å². The standard InChI is InChI=1S/C11H15ClN2O3/c1-11(2,3)17-10(16)14-9-7(6-15)4-5-8(12)13-9/h4-5,15H,6H2,1-3H3,(H,13,14,16). The summed E-state index contributed by atoms with van der Waals surface area (Å²) in [5.41, 5.74) is -0.123. The number of aliphatic hydroxyl groups excluding tert-OH is 1. The molecular weight excluding hydrogens is 244 g/mol. The highest BCUT2D eigenvalue weighted by molar-refractivity contribution is 6.29. The van der Waals surface area contributed by atoms with Gasteiger partial charge in [0.2, 0.25) is 0 Å². The summed E-state index contributed by atoms with van der Waals surface area (Å²) in [5.74, 6) is 0.203. The molecular formula is C11H15ClN2O3. The maximum atomic E-state index is 11.5. The van der Waals surface area contributed by atoms with Crippen LogP contribution < -0.4 is 5.32 Å². The van der Waals surface area contributed by atoms with Crippen LogP contribution in [0.1, 0.15) is 26.3 Å². The maximum absolute atomic E-state index is 11.5. The maximum Gasteiger partial charge on any atom is 0.413 e. The molecule has 1 aromatic heterocycles. The van der Waals surface area contributed by atoms with E-state index in [4.69, 9.17) is 21.4 Å². The number of halogens is 1. The second-order valence-corrected chi connectivity index (χ2v) is 4.81. The molecule has 0 bridgehead atoms. The van der Waals surface area contributed by atoms with Crippen molar-refractivity contribution in [3.05, 3.63) is 22.8 Å². The summed E-state index contributed by atoms with van der Waals surface area (Å²) in [6.07, 6.45) is -0.637. The molecule has 0 aromatic carbocycles. The molecule has 2 N–H and O–H groups in total. The summed E-state index contributed by atoms with van der Waals surface area (Å²) in [7, 11) is 0. The van der Waals surface area contributed by atoms with E-state index in [2.05, 4.69) is 10.3 Å². The van der Waals surface area contributed by atoms with Crippen molar-refractivity contribution in [2.75, 3.05) is 5.32 Å². The van der Waals surface area contributed by atoms with E-state index in [1.165, 1.54) is 6.07 Å². The van der Waals surface area contributed by atoms with Crippen molar-refractivity contribution in [2.45, 2.75) is 33.0 Å². The third-order valence-electron chi connectivity index (χ3n) is 1.73. The number of rotatable bonds is 2. The van der Waals surface area contributed by atoms with Crippen molar-refractivity contribution in [1.29, 1.82) is 0 Å². The van der Waals surface area contributed by atoms with Crippen LogP contribution in [0, 0.1) is 0 Å². The molecule has 0 saturated carbocycles. The van der Waals surface area contributed by atoms with Crippen molar-refractivity contribution in [3.63, 3.8) is 0 Å². The van der Waals surface area contributed by atoms with Crippen LogP contribution in [0.5, 0.6) is 0 Å². The number of hydrogen-bond donors (Lipinski definition) is 2. The molecule has 1 rings (SSSR count). The Morgan fingerprint density at radius 2 is 2.18 bits per heavy atom. The molecule has 0 fully saturated rings. The van der Waals surface area contributed by atoms with Crippen LogP contribution in [0.3, 0.4) is 0 Å². The first-order chi connectivity index (χ1) is 7.81. The van der Waals surface area contributed by atoms with Crippen molar-refractivity contribution in [2.24, 2.45) is 0 Å². The number of carbonyl (C=O) groups is 1. The van der Waals surface area contributed by atoms with Crippen LogP contribution in [-0.4, -0.2) is 21.8 Å². The average Bonchev–Trinajstić information content (AvgIpc) is 2.14. The third kappa shape index (κ3) is 4.58. The quantitative estimate of drug-likeness (QED) is 0.800. The fraction of sp³-hybridized carbons (Fsp3) is 0.455. The van der Waals surface area contributed by atoms with Gasteiger partial charge in [0.25, 0.3) is 0 Å². The molecule has 0 unspecified atom stereocenters. The molecule has 5 nitrogen and oxygen atoms in total. The second-order valence-electron chi connectivity index (χ2n) is 4.43. The van der Waals surface area contributed by atoms with Gasteiger partial charge in [-0.25, -0.2) is 9.78 Å². The van der Waals surface area contributed by atoms with Crippen LogP contribution in [0.25, 0.3) is 0 Å². The predicted molar refractivity (Wildman–Crippen MR) is 65.0 cm³/mol. The highest BCUT2D eigenvalue weighted by Crippen LogP contribution is 2.17. The Bertz CT molecular complexity index is 416. The molecule has 0 radical (unpaired) electrons. The lowest BCUT2D eigenvalue weighted by atomic mass is 10.2. The number of nitrogens with one attached hydrogen (secondary N) is 1. The molecule has 0 aliphatic rings. The van der Waals surface area contributed by atoms with Crippen molar-refractivity contribution < 1.29 is 14.6 Å². The number of hydrogen-bond acceptors (Lipinski definition) is 4. The van der Waals surface area contributed by atoms with Gasteiger partial charge in [0, 0.05) is 5.56 Å².